The third kappa shape index (κ3) is 5.85. The number of ether oxygens (including phenoxy) is 2. The van der Waals surface area contributed by atoms with Gasteiger partial charge in [0.15, 0.2) is 11.5 Å². The summed E-state index contributed by atoms with van der Waals surface area (Å²) in [6.45, 7) is 8.48. The predicted molar refractivity (Wildman–Crippen MR) is 135 cm³/mol. The molecule has 0 aliphatic heterocycles. The highest BCUT2D eigenvalue weighted by atomic mass is 32.2. The van der Waals surface area contributed by atoms with E-state index >= 15 is 0 Å². The standard InChI is InChI=1S/C27H29NO5S/c1-5-32-25-17-11-22(19-26(25)33-6-2)12-18-27(29)28(23-13-7-20(3)8-14-23)34(30,31)24-15-9-21(4)10-16-24/h7-19H,5-6H2,1-4H3/b18-12+. The molecule has 0 aliphatic rings. The smallest absolute Gasteiger partial charge is 0.271 e. The second kappa shape index (κ2) is 11.0. The summed E-state index contributed by atoms with van der Waals surface area (Å²) >= 11 is 0. The zero-order valence-corrected chi connectivity index (χ0v) is 20.6. The predicted octanol–water partition coefficient (Wildman–Crippen LogP) is 5.54. The van der Waals surface area contributed by atoms with Crippen LogP contribution in [0.2, 0.25) is 0 Å². The Kier molecular flexibility index (Phi) is 8.12. The molecule has 0 N–H and O–H groups in total. The molecule has 3 aromatic carbocycles. The van der Waals surface area contributed by atoms with Crippen LogP contribution in [0.5, 0.6) is 11.5 Å². The molecule has 34 heavy (non-hydrogen) atoms. The molecule has 0 radical (unpaired) electrons. The lowest BCUT2D eigenvalue weighted by atomic mass is 10.2. The van der Waals surface area contributed by atoms with Gasteiger partial charge in [0, 0.05) is 6.08 Å². The van der Waals surface area contributed by atoms with Crippen molar-refractivity contribution in [3.05, 3.63) is 89.5 Å². The molecule has 3 aromatic rings. The van der Waals surface area contributed by atoms with Gasteiger partial charge in [-0.2, -0.15) is 4.31 Å². The Labute approximate surface area is 201 Å². The van der Waals surface area contributed by atoms with Gasteiger partial charge in [-0.3, -0.25) is 4.79 Å². The van der Waals surface area contributed by atoms with Crippen molar-refractivity contribution in [2.75, 3.05) is 17.5 Å². The van der Waals surface area contributed by atoms with Crippen LogP contribution in [0.3, 0.4) is 0 Å². The highest BCUT2D eigenvalue weighted by Crippen LogP contribution is 2.29. The topological polar surface area (TPSA) is 72.9 Å². The summed E-state index contributed by atoms with van der Waals surface area (Å²) < 4.78 is 39.0. The number of benzene rings is 3. The van der Waals surface area contributed by atoms with Gasteiger partial charge in [-0.25, -0.2) is 8.42 Å². The first kappa shape index (κ1) is 25.1. The highest BCUT2D eigenvalue weighted by Gasteiger charge is 2.29. The first-order chi connectivity index (χ1) is 16.3. The molecule has 0 unspecified atom stereocenters. The fourth-order valence-corrected chi connectivity index (χ4v) is 4.67. The summed E-state index contributed by atoms with van der Waals surface area (Å²) in [6.07, 6.45) is 2.81. The number of hydrogen-bond acceptors (Lipinski definition) is 5. The Morgan fingerprint density at radius 1 is 0.824 bits per heavy atom. The second-order valence-electron chi connectivity index (χ2n) is 7.66. The molecule has 1 amide bonds. The first-order valence-corrected chi connectivity index (χ1v) is 12.5. The zero-order chi connectivity index (χ0) is 24.7. The van der Waals surface area contributed by atoms with Crippen LogP contribution in [-0.4, -0.2) is 27.5 Å². The van der Waals surface area contributed by atoms with Crippen LogP contribution >= 0.6 is 0 Å². The van der Waals surface area contributed by atoms with E-state index in [9.17, 15) is 13.2 Å². The van der Waals surface area contributed by atoms with Gasteiger partial charge in [0.05, 0.1) is 23.8 Å². The molecule has 0 heterocycles. The molecule has 6 nitrogen and oxygen atoms in total. The van der Waals surface area contributed by atoms with Gasteiger partial charge in [0.1, 0.15) is 0 Å². The van der Waals surface area contributed by atoms with Crippen LogP contribution < -0.4 is 13.8 Å². The lowest BCUT2D eigenvalue weighted by Gasteiger charge is -2.21. The molecule has 0 saturated carbocycles. The minimum absolute atomic E-state index is 0.0418. The van der Waals surface area contributed by atoms with Gasteiger partial charge >= 0.3 is 0 Å². The lowest BCUT2D eigenvalue weighted by molar-refractivity contribution is -0.113. The molecule has 0 fully saturated rings. The highest BCUT2D eigenvalue weighted by molar-refractivity contribution is 7.93. The van der Waals surface area contributed by atoms with E-state index in [4.69, 9.17) is 9.47 Å². The van der Waals surface area contributed by atoms with Crippen molar-refractivity contribution in [3.63, 3.8) is 0 Å². The lowest BCUT2D eigenvalue weighted by Crippen LogP contribution is -2.35. The number of amides is 1. The Bertz CT molecular complexity index is 1260. The van der Waals surface area contributed by atoms with Crippen molar-refractivity contribution in [2.24, 2.45) is 0 Å². The summed E-state index contributed by atoms with van der Waals surface area (Å²) in [6, 6.07) is 18.5. The largest absolute Gasteiger partial charge is 0.490 e. The van der Waals surface area contributed by atoms with Crippen molar-refractivity contribution in [1.29, 1.82) is 0 Å². The summed E-state index contributed by atoms with van der Waals surface area (Å²) in [4.78, 5) is 13.3. The third-order valence-corrected chi connectivity index (χ3v) is 6.75. The Morgan fingerprint density at radius 3 is 1.97 bits per heavy atom. The molecule has 3 rings (SSSR count). The van der Waals surface area contributed by atoms with Crippen molar-refractivity contribution < 1.29 is 22.7 Å². The molecular weight excluding hydrogens is 450 g/mol. The number of nitrogens with zero attached hydrogens (tertiary/aromatic N) is 1. The van der Waals surface area contributed by atoms with Crippen molar-refractivity contribution in [2.45, 2.75) is 32.6 Å². The number of anilines is 1. The minimum Gasteiger partial charge on any atom is -0.490 e. The molecule has 0 aliphatic carbocycles. The molecule has 0 bridgehead atoms. The number of carbonyl (C=O) groups excluding carboxylic acids is 1. The molecule has 0 atom stereocenters. The molecule has 0 saturated heterocycles. The first-order valence-electron chi connectivity index (χ1n) is 11.1. The average molecular weight is 480 g/mol. The van der Waals surface area contributed by atoms with Crippen LogP contribution in [0.4, 0.5) is 5.69 Å². The SMILES string of the molecule is CCOc1ccc(/C=C/C(=O)N(c2ccc(C)cc2)S(=O)(=O)c2ccc(C)cc2)cc1OCC. The van der Waals surface area contributed by atoms with Crippen LogP contribution in [0.15, 0.2) is 77.7 Å². The third-order valence-electron chi connectivity index (χ3n) is 5.01. The van der Waals surface area contributed by atoms with Gasteiger partial charge in [-0.15, -0.1) is 0 Å². The number of carbonyl (C=O) groups is 1. The van der Waals surface area contributed by atoms with Gasteiger partial charge in [-0.1, -0.05) is 41.5 Å². The van der Waals surface area contributed by atoms with Crippen molar-refractivity contribution in [1.82, 2.24) is 0 Å². The van der Waals surface area contributed by atoms with E-state index in [0.717, 1.165) is 15.4 Å². The maximum Gasteiger partial charge on any atom is 0.271 e. The molecule has 7 heteroatoms. The van der Waals surface area contributed by atoms with E-state index < -0.39 is 15.9 Å². The fourth-order valence-electron chi connectivity index (χ4n) is 3.29. The number of hydrogen-bond donors (Lipinski definition) is 0. The van der Waals surface area contributed by atoms with E-state index in [0.29, 0.717) is 30.3 Å². The second-order valence-corrected chi connectivity index (χ2v) is 9.45. The Balaban J connectivity index is 1.99. The van der Waals surface area contributed by atoms with Gasteiger partial charge in [0.25, 0.3) is 15.9 Å². The summed E-state index contributed by atoms with van der Waals surface area (Å²) in [5.74, 6) is 0.481. The number of rotatable bonds is 9. The van der Waals surface area contributed by atoms with Gasteiger partial charge in [0.2, 0.25) is 0 Å². The van der Waals surface area contributed by atoms with Crippen LogP contribution in [-0.2, 0) is 14.8 Å². The monoisotopic (exact) mass is 479 g/mol. The van der Waals surface area contributed by atoms with E-state index in [1.807, 2.05) is 27.7 Å². The summed E-state index contributed by atoms with van der Waals surface area (Å²) in [5.41, 5.74) is 2.82. The Morgan fingerprint density at radius 2 is 1.38 bits per heavy atom. The fraction of sp³-hybridized carbons (Fsp3) is 0.222. The molecule has 0 spiro atoms. The average Bonchev–Trinajstić information content (AvgIpc) is 2.81. The van der Waals surface area contributed by atoms with E-state index in [-0.39, 0.29) is 10.6 Å². The maximum atomic E-state index is 13.5. The van der Waals surface area contributed by atoms with Crippen LogP contribution in [0.1, 0.15) is 30.5 Å². The molecule has 178 valence electrons. The zero-order valence-electron chi connectivity index (χ0n) is 19.8. The maximum absolute atomic E-state index is 13.5. The Hall–Kier alpha value is -3.58. The normalized spacial score (nSPS) is 11.4. The van der Waals surface area contributed by atoms with Crippen molar-refractivity contribution in [3.8, 4) is 11.5 Å². The van der Waals surface area contributed by atoms with E-state index in [1.54, 1.807) is 60.7 Å². The van der Waals surface area contributed by atoms with E-state index in [1.165, 1.54) is 18.2 Å². The van der Waals surface area contributed by atoms with Crippen LogP contribution in [0, 0.1) is 13.8 Å². The van der Waals surface area contributed by atoms with Gasteiger partial charge in [-0.05, 0) is 75.7 Å². The van der Waals surface area contributed by atoms with Crippen molar-refractivity contribution >= 4 is 27.7 Å². The van der Waals surface area contributed by atoms with E-state index in [2.05, 4.69) is 0 Å². The summed E-state index contributed by atoms with van der Waals surface area (Å²) in [7, 11) is -4.13. The number of aryl methyl sites for hydroxylation is 2. The van der Waals surface area contributed by atoms with Crippen LogP contribution in [0.25, 0.3) is 6.08 Å². The quantitative estimate of drug-likeness (QED) is 0.377. The minimum atomic E-state index is -4.13. The van der Waals surface area contributed by atoms with Gasteiger partial charge < -0.3 is 9.47 Å². The number of sulfonamides is 1. The summed E-state index contributed by atoms with van der Waals surface area (Å²) in [5, 5.41) is 0. The molecular formula is C27H29NO5S. The molecule has 0 aromatic heterocycles.